The van der Waals surface area contributed by atoms with Gasteiger partial charge in [0, 0.05) is 24.1 Å². The third-order valence-electron chi connectivity index (χ3n) is 4.51. The zero-order valence-electron chi connectivity index (χ0n) is 14.9. The van der Waals surface area contributed by atoms with E-state index >= 15 is 0 Å². The number of benzene rings is 2. The molecule has 6 heteroatoms. The number of amides is 1. The molecule has 1 aliphatic heterocycles. The van der Waals surface area contributed by atoms with Crippen molar-refractivity contribution in [2.45, 2.75) is 24.1 Å². The number of hydrogen-bond acceptors (Lipinski definition) is 5. The Morgan fingerprint density at radius 3 is 2.74 bits per heavy atom. The first kappa shape index (κ1) is 17.9. The number of nitrogens with zero attached hydrogens (tertiary/aromatic N) is 2. The third-order valence-corrected chi connectivity index (χ3v) is 5.36. The van der Waals surface area contributed by atoms with Crippen LogP contribution in [0.2, 0.25) is 0 Å². The lowest BCUT2D eigenvalue weighted by molar-refractivity contribution is -0.119. The molecule has 1 atom stereocenters. The van der Waals surface area contributed by atoms with Crippen LogP contribution in [0.1, 0.15) is 12.8 Å². The largest absolute Gasteiger partial charge is 0.376 e. The van der Waals surface area contributed by atoms with Crippen molar-refractivity contribution in [1.82, 2.24) is 15.3 Å². The molecule has 5 nitrogen and oxygen atoms in total. The van der Waals surface area contributed by atoms with E-state index < -0.39 is 0 Å². The summed E-state index contributed by atoms with van der Waals surface area (Å²) < 4.78 is 5.53. The Labute approximate surface area is 162 Å². The minimum atomic E-state index is -0.0199. The van der Waals surface area contributed by atoms with E-state index in [0.29, 0.717) is 17.5 Å². The zero-order chi connectivity index (χ0) is 18.5. The second kappa shape index (κ2) is 8.50. The molecule has 1 aromatic heterocycles. The lowest BCUT2D eigenvalue weighted by Crippen LogP contribution is -2.32. The maximum Gasteiger partial charge on any atom is 0.230 e. The number of carbonyl (C=O) groups is 1. The highest BCUT2D eigenvalue weighted by molar-refractivity contribution is 7.99. The highest BCUT2D eigenvalue weighted by atomic mass is 32.2. The summed E-state index contributed by atoms with van der Waals surface area (Å²) in [5, 5.41) is 4.56. The molecule has 0 saturated carbocycles. The summed E-state index contributed by atoms with van der Waals surface area (Å²) in [6.07, 6.45) is 2.24. The molecule has 1 aliphatic rings. The molecule has 4 rings (SSSR count). The van der Waals surface area contributed by atoms with Crippen LogP contribution in [0.3, 0.4) is 0 Å². The first-order valence-electron chi connectivity index (χ1n) is 9.13. The van der Waals surface area contributed by atoms with Crippen LogP contribution in [0.5, 0.6) is 0 Å². The Balaban J connectivity index is 1.49. The van der Waals surface area contributed by atoms with Crippen LogP contribution in [0.25, 0.3) is 22.2 Å². The van der Waals surface area contributed by atoms with E-state index in [4.69, 9.17) is 9.72 Å². The molecule has 1 N–H and O–H groups in total. The maximum atomic E-state index is 12.1. The summed E-state index contributed by atoms with van der Waals surface area (Å²) >= 11 is 1.36. The lowest BCUT2D eigenvalue weighted by Gasteiger charge is -2.11. The third kappa shape index (κ3) is 4.46. The molecule has 2 heterocycles. The van der Waals surface area contributed by atoms with E-state index in [9.17, 15) is 4.79 Å². The number of carbonyl (C=O) groups excluding carboxylic acids is 1. The summed E-state index contributed by atoms with van der Waals surface area (Å²) in [6, 6.07) is 18.0. The predicted molar refractivity (Wildman–Crippen MR) is 108 cm³/mol. The monoisotopic (exact) mass is 379 g/mol. The fourth-order valence-corrected chi connectivity index (χ4v) is 3.83. The lowest BCUT2D eigenvalue weighted by atomic mass is 10.1. The molecule has 27 heavy (non-hydrogen) atoms. The van der Waals surface area contributed by atoms with Gasteiger partial charge in [0.1, 0.15) is 0 Å². The Morgan fingerprint density at radius 2 is 1.93 bits per heavy atom. The van der Waals surface area contributed by atoms with Gasteiger partial charge in [-0.3, -0.25) is 4.79 Å². The van der Waals surface area contributed by atoms with Crippen molar-refractivity contribution in [2.24, 2.45) is 0 Å². The highest BCUT2D eigenvalue weighted by Crippen LogP contribution is 2.28. The average Bonchev–Trinajstić information content (AvgIpc) is 3.24. The van der Waals surface area contributed by atoms with Gasteiger partial charge in [-0.05, 0) is 18.9 Å². The van der Waals surface area contributed by atoms with Gasteiger partial charge in [-0.2, -0.15) is 0 Å². The Kier molecular flexibility index (Phi) is 5.65. The van der Waals surface area contributed by atoms with Crippen LogP contribution in [0, 0.1) is 0 Å². The standard InChI is InChI=1S/C21H21N3O2S/c25-19(22-13-16-9-6-12-26-16)14-27-21-23-18-11-5-4-10-17(18)20(24-21)15-7-2-1-3-8-15/h1-5,7-8,10-11,16H,6,9,12-14H2,(H,22,25). The average molecular weight is 379 g/mol. The fourth-order valence-electron chi connectivity index (χ4n) is 3.15. The first-order chi connectivity index (χ1) is 13.3. The van der Waals surface area contributed by atoms with E-state index in [-0.39, 0.29) is 12.0 Å². The van der Waals surface area contributed by atoms with Gasteiger partial charge >= 0.3 is 0 Å². The van der Waals surface area contributed by atoms with Crippen LogP contribution >= 0.6 is 11.8 Å². The molecule has 0 aliphatic carbocycles. The SMILES string of the molecule is O=C(CSc1nc(-c2ccccc2)c2ccccc2n1)NCC1CCCO1. The number of fused-ring (bicyclic) bond motifs is 1. The van der Waals surface area contributed by atoms with Crippen LogP contribution in [0.4, 0.5) is 0 Å². The van der Waals surface area contributed by atoms with Crippen molar-refractivity contribution in [3.63, 3.8) is 0 Å². The number of hydrogen-bond donors (Lipinski definition) is 1. The van der Waals surface area contributed by atoms with Gasteiger partial charge in [-0.25, -0.2) is 9.97 Å². The second-order valence-electron chi connectivity index (χ2n) is 6.47. The van der Waals surface area contributed by atoms with Gasteiger partial charge in [0.05, 0.1) is 23.1 Å². The number of nitrogens with one attached hydrogen (secondary N) is 1. The molecule has 1 saturated heterocycles. The van der Waals surface area contributed by atoms with Gasteiger partial charge in [0.15, 0.2) is 5.16 Å². The number of para-hydroxylation sites is 1. The van der Waals surface area contributed by atoms with Crippen LogP contribution in [0.15, 0.2) is 59.8 Å². The molecular weight excluding hydrogens is 358 g/mol. The molecule has 1 unspecified atom stereocenters. The Hall–Kier alpha value is -2.44. The highest BCUT2D eigenvalue weighted by Gasteiger charge is 2.16. The van der Waals surface area contributed by atoms with Crippen molar-refractivity contribution in [1.29, 1.82) is 0 Å². The van der Waals surface area contributed by atoms with Crippen molar-refractivity contribution in [3.05, 3.63) is 54.6 Å². The molecule has 3 aromatic rings. The summed E-state index contributed by atoms with van der Waals surface area (Å²) in [5.74, 6) is 0.271. The molecule has 138 valence electrons. The molecule has 1 amide bonds. The normalized spacial score (nSPS) is 16.5. The maximum absolute atomic E-state index is 12.1. The smallest absolute Gasteiger partial charge is 0.230 e. The number of thioether (sulfide) groups is 1. The van der Waals surface area contributed by atoms with E-state index in [1.165, 1.54) is 11.8 Å². The summed E-state index contributed by atoms with van der Waals surface area (Å²) in [6.45, 7) is 1.37. The minimum absolute atomic E-state index is 0.0199. The van der Waals surface area contributed by atoms with Gasteiger partial charge < -0.3 is 10.1 Å². The van der Waals surface area contributed by atoms with Crippen molar-refractivity contribution in [3.8, 4) is 11.3 Å². The number of aromatic nitrogens is 2. The Bertz CT molecular complexity index is 927. The van der Waals surface area contributed by atoms with Gasteiger partial charge in [0.25, 0.3) is 0 Å². The zero-order valence-corrected chi connectivity index (χ0v) is 15.7. The fraction of sp³-hybridized carbons (Fsp3) is 0.286. The molecule has 0 spiro atoms. The number of rotatable bonds is 6. The topological polar surface area (TPSA) is 64.1 Å². The molecule has 2 aromatic carbocycles. The summed E-state index contributed by atoms with van der Waals surface area (Å²) in [4.78, 5) is 21.5. The summed E-state index contributed by atoms with van der Waals surface area (Å²) in [7, 11) is 0. The van der Waals surface area contributed by atoms with Gasteiger partial charge in [0.2, 0.25) is 5.91 Å². The second-order valence-corrected chi connectivity index (χ2v) is 7.41. The van der Waals surface area contributed by atoms with Crippen molar-refractivity contribution >= 4 is 28.6 Å². The van der Waals surface area contributed by atoms with E-state index in [0.717, 1.165) is 41.6 Å². The molecule has 1 fully saturated rings. The van der Waals surface area contributed by atoms with Crippen LogP contribution in [-0.4, -0.2) is 40.9 Å². The van der Waals surface area contributed by atoms with E-state index in [1.54, 1.807) is 0 Å². The van der Waals surface area contributed by atoms with Gasteiger partial charge in [-0.1, -0.05) is 60.3 Å². The quantitative estimate of drug-likeness (QED) is 0.523. The molecule has 0 radical (unpaired) electrons. The molecular formula is C21H21N3O2S. The Morgan fingerprint density at radius 1 is 1.11 bits per heavy atom. The van der Waals surface area contributed by atoms with E-state index in [2.05, 4.69) is 10.3 Å². The van der Waals surface area contributed by atoms with Crippen molar-refractivity contribution in [2.75, 3.05) is 18.9 Å². The van der Waals surface area contributed by atoms with Crippen molar-refractivity contribution < 1.29 is 9.53 Å². The minimum Gasteiger partial charge on any atom is -0.376 e. The van der Waals surface area contributed by atoms with Crippen LogP contribution < -0.4 is 5.32 Å². The van der Waals surface area contributed by atoms with Gasteiger partial charge in [-0.15, -0.1) is 0 Å². The predicted octanol–water partition coefficient (Wildman–Crippen LogP) is 3.68. The number of ether oxygens (including phenoxy) is 1. The van der Waals surface area contributed by atoms with Crippen LogP contribution in [-0.2, 0) is 9.53 Å². The first-order valence-corrected chi connectivity index (χ1v) is 10.1. The van der Waals surface area contributed by atoms with E-state index in [1.807, 2.05) is 54.6 Å². The summed E-state index contributed by atoms with van der Waals surface area (Å²) in [5.41, 5.74) is 2.82. The molecule has 0 bridgehead atoms.